The van der Waals surface area contributed by atoms with E-state index in [1.807, 2.05) is 0 Å². The minimum Gasteiger partial charge on any atom is -0.380 e. The lowest BCUT2D eigenvalue weighted by Gasteiger charge is -2.45. The summed E-state index contributed by atoms with van der Waals surface area (Å²) in [5, 5.41) is 2.98. The highest BCUT2D eigenvalue weighted by Crippen LogP contribution is 3.02. The molecule has 0 radical (unpaired) electrons. The number of hydrogen-bond donors (Lipinski definition) is 1. The number of carbonyl (C=O) groups is 3. The van der Waals surface area contributed by atoms with Crippen LogP contribution in [-0.2, 0) is 24.7 Å². The molecular formula is C24H29F5N6O4S. The highest BCUT2D eigenvalue weighted by molar-refractivity contribution is 8.45. The summed E-state index contributed by atoms with van der Waals surface area (Å²) in [5.74, 6) is -1.85. The zero-order valence-corrected chi connectivity index (χ0v) is 22.7. The van der Waals surface area contributed by atoms with Gasteiger partial charge in [-0.3, -0.25) is 29.3 Å². The first-order valence-electron chi connectivity index (χ1n) is 12.2. The molecule has 16 heteroatoms. The lowest BCUT2D eigenvalue weighted by molar-refractivity contribution is -0.148. The van der Waals surface area contributed by atoms with Crippen LogP contribution in [0.1, 0.15) is 19.0 Å². The van der Waals surface area contributed by atoms with Gasteiger partial charge in [-0.2, -0.15) is 0 Å². The summed E-state index contributed by atoms with van der Waals surface area (Å²) in [5.41, 5.74) is -2.34. The monoisotopic (exact) mass is 592 g/mol. The molecule has 0 saturated carbocycles. The summed E-state index contributed by atoms with van der Waals surface area (Å²) in [6.07, 6.45) is 3.63. The second-order valence-corrected chi connectivity index (χ2v) is 12.3. The molecule has 10 nitrogen and oxygen atoms in total. The second kappa shape index (κ2) is 9.62. The van der Waals surface area contributed by atoms with Gasteiger partial charge in [0.25, 0.3) is 5.91 Å². The van der Waals surface area contributed by atoms with Gasteiger partial charge < -0.3 is 19.9 Å². The Balaban J connectivity index is 1.88. The number of anilines is 1. The Kier molecular flexibility index (Phi) is 7.12. The SMILES string of the molecule is COC1CNC(C(=O)N(c2ccc(S(F)(F)(F)(F)F)cc2)C(C)(C(=O)N2CCN(C)C(=O)C2)c2cnccn2)C1. The molecule has 1 N–H and O–H groups in total. The number of nitrogens with zero attached hydrogens (tertiary/aromatic N) is 5. The van der Waals surface area contributed by atoms with E-state index >= 15 is 0 Å². The summed E-state index contributed by atoms with van der Waals surface area (Å²) >= 11 is 0. The van der Waals surface area contributed by atoms with E-state index in [-0.39, 0.29) is 68.1 Å². The topological polar surface area (TPSA) is 108 Å². The lowest BCUT2D eigenvalue weighted by atomic mass is 9.90. The number of methoxy groups -OCH3 is 1. The largest absolute Gasteiger partial charge is 0.380 e. The van der Waals surface area contributed by atoms with Gasteiger partial charge in [0.15, 0.2) is 5.54 Å². The number of ether oxygens (including phenoxy) is 1. The number of nitrogens with one attached hydrogen (secondary N) is 1. The fourth-order valence-electron chi connectivity index (χ4n) is 4.79. The van der Waals surface area contributed by atoms with Crippen LogP contribution in [0.4, 0.5) is 25.1 Å². The maximum Gasteiger partial charge on any atom is 0.310 e. The Morgan fingerprint density at radius 2 is 1.80 bits per heavy atom. The van der Waals surface area contributed by atoms with Crippen LogP contribution in [-0.4, -0.2) is 90.0 Å². The Hall–Kier alpha value is -3.37. The first-order valence-corrected chi connectivity index (χ1v) is 14.1. The average Bonchev–Trinajstić information content (AvgIpc) is 3.39. The summed E-state index contributed by atoms with van der Waals surface area (Å²) in [7, 11) is -7.00. The maximum atomic E-state index is 14.2. The molecular weight excluding hydrogens is 563 g/mol. The van der Waals surface area contributed by atoms with Crippen molar-refractivity contribution >= 4 is 33.6 Å². The first kappa shape index (κ1) is 29.6. The molecule has 3 atom stereocenters. The number of hydrogen-bond acceptors (Lipinski definition) is 7. The van der Waals surface area contributed by atoms with Gasteiger partial charge in [0.05, 0.1) is 30.6 Å². The minimum atomic E-state index is -10.0. The van der Waals surface area contributed by atoms with Gasteiger partial charge in [-0.15, -0.1) is 0 Å². The molecule has 4 rings (SSSR count). The standard InChI is InChI=1S/C24H29F5N6O4S/c1-24(20-14-30-8-9-31-20,23(38)34-11-10-33(2)21(36)15-34)35(22(37)19-12-17(39-3)13-32-19)16-4-6-18(7-5-16)40(25,26,27,28)29/h4-9,14,17,19,32H,10-13,15H2,1-3H3. The van der Waals surface area contributed by atoms with E-state index in [2.05, 4.69) is 15.3 Å². The summed E-state index contributed by atoms with van der Waals surface area (Å²) in [6.45, 7) is 1.61. The highest BCUT2D eigenvalue weighted by atomic mass is 32.5. The van der Waals surface area contributed by atoms with Gasteiger partial charge >= 0.3 is 10.2 Å². The molecule has 2 aromatic rings. The van der Waals surface area contributed by atoms with Crippen LogP contribution in [0.3, 0.4) is 0 Å². The van der Waals surface area contributed by atoms with Crippen molar-refractivity contribution in [3.63, 3.8) is 0 Å². The van der Waals surface area contributed by atoms with Gasteiger partial charge in [0.2, 0.25) is 11.8 Å². The average molecular weight is 593 g/mol. The van der Waals surface area contributed by atoms with E-state index < -0.39 is 38.5 Å². The number of carbonyl (C=O) groups excluding carboxylic acids is 3. The molecule has 3 heterocycles. The number of benzene rings is 1. The number of likely N-dealkylation sites (N-methyl/N-ethyl adjacent to an activating group) is 1. The third-order valence-electron chi connectivity index (χ3n) is 7.15. The van der Waals surface area contributed by atoms with Crippen molar-refractivity contribution < 1.29 is 38.5 Å². The van der Waals surface area contributed by atoms with E-state index in [0.717, 1.165) is 4.90 Å². The van der Waals surface area contributed by atoms with Crippen molar-refractivity contribution in [3.8, 4) is 0 Å². The maximum absolute atomic E-state index is 14.2. The van der Waals surface area contributed by atoms with Crippen molar-refractivity contribution in [1.29, 1.82) is 0 Å². The van der Waals surface area contributed by atoms with Crippen LogP contribution in [0.25, 0.3) is 0 Å². The summed E-state index contributed by atoms with van der Waals surface area (Å²) in [6, 6.07) is 0.852. The Morgan fingerprint density at radius 1 is 1.12 bits per heavy atom. The van der Waals surface area contributed by atoms with Crippen LogP contribution in [0, 0.1) is 0 Å². The Labute approximate surface area is 227 Å². The fourth-order valence-corrected chi connectivity index (χ4v) is 5.45. The molecule has 1 aromatic carbocycles. The van der Waals surface area contributed by atoms with E-state index in [0.29, 0.717) is 12.1 Å². The number of rotatable bonds is 7. The van der Waals surface area contributed by atoms with Crippen LogP contribution in [0.5, 0.6) is 0 Å². The van der Waals surface area contributed by atoms with Crippen molar-refractivity contribution in [1.82, 2.24) is 25.1 Å². The van der Waals surface area contributed by atoms with Gasteiger partial charge in [-0.05, 0) is 37.6 Å². The predicted octanol–water partition coefficient (Wildman–Crippen LogP) is 3.06. The molecule has 0 aliphatic carbocycles. The van der Waals surface area contributed by atoms with Gasteiger partial charge in [0.1, 0.15) is 4.90 Å². The van der Waals surface area contributed by atoms with E-state index in [4.69, 9.17) is 4.74 Å². The number of piperazine rings is 1. The van der Waals surface area contributed by atoms with Crippen LogP contribution >= 0.6 is 10.2 Å². The molecule has 0 spiro atoms. The number of aromatic nitrogens is 2. The Morgan fingerprint density at radius 3 is 2.33 bits per heavy atom. The third kappa shape index (κ3) is 5.74. The Bertz CT molecular complexity index is 1300. The molecule has 2 fully saturated rings. The molecule has 2 saturated heterocycles. The summed E-state index contributed by atoms with van der Waals surface area (Å²) < 4.78 is 72.7. The molecule has 3 unspecified atom stereocenters. The first-order chi connectivity index (χ1) is 18.4. The fraction of sp³-hybridized carbons (Fsp3) is 0.458. The van der Waals surface area contributed by atoms with Gasteiger partial charge in [-0.25, -0.2) is 0 Å². The van der Waals surface area contributed by atoms with E-state index in [1.165, 1.54) is 42.4 Å². The molecule has 3 amide bonds. The highest BCUT2D eigenvalue weighted by Gasteiger charge is 2.65. The second-order valence-electron chi connectivity index (χ2n) is 9.90. The zero-order valence-electron chi connectivity index (χ0n) is 21.9. The molecule has 0 bridgehead atoms. The van der Waals surface area contributed by atoms with Crippen LogP contribution < -0.4 is 10.2 Å². The van der Waals surface area contributed by atoms with Crippen LogP contribution in [0.2, 0.25) is 0 Å². The molecule has 1 aromatic heterocycles. The van der Waals surface area contributed by atoms with Crippen LogP contribution in [0.15, 0.2) is 47.8 Å². The smallest absolute Gasteiger partial charge is 0.310 e. The van der Waals surface area contributed by atoms with Crippen molar-refractivity contribution in [3.05, 3.63) is 48.5 Å². The molecule has 2 aliphatic heterocycles. The predicted molar refractivity (Wildman–Crippen MR) is 136 cm³/mol. The van der Waals surface area contributed by atoms with E-state index in [1.54, 1.807) is 7.05 Å². The summed E-state index contributed by atoms with van der Waals surface area (Å²) in [4.78, 5) is 50.4. The molecule has 220 valence electrons. The number of amides is 3. The lowest BCUT2D eigenvalue weighted by Crippen LogP contribution is -2.63. The van der Waals surface area contributed by atoms with Crippen molar-refractivity contribution in [2.45, 2.75) is 35.9 Å². The quantitative estimate of drug-likeness (QED) is 0.493. The minimum absolute atomic E-state index is 0.0437. The normalized spacial score (nSPS) is 23.2. The van der Waals surface area contributed by atoms with Gasteiger partial charge in [-0.1, -0.05) is 19.4 Å². The number of halogens is 5. The van der Waals surface area contributed by atoms with Crippen molar-refractivity contribution in [2.24, 2.45) is 0 Å². The van der Waals surface area contributed by atoms with Gasteiger partial charge in [0, 0.05) is 51.9 Å². The van der Waals surface area contributed by atoms with Crippen molar-refractivity contribution in [2.75, 3.05) is 45.2 Å². The van der Waals surface area contributed by atoms with E-state index in [9.17, 15) is 33.8 Å². The third-order valence-corrected chi connectivity index (χ3v) is 8.32. The molecule has 40 heavy (non-hydrogen) atoms. The molecule has 2 aliphatic rings. The zero-order chi connectivity index (χ0) is 29.6.